The molecule has 0 aliphatic heterocycles. The fourth-order valence-electron chi connectivity index (χ4n) is 2.05. The van der Waals surface area contributed by atoms with Gasteiger partial charge in [-0.15, -0.1) is 0 Å². The summed E-state index contributed by atoms with van der Waals surface area (Å²) in [5.74, 6) is 0.548. The first kappa shape index (κ1) is 13.8. The van der Waals surface area contributed by atoms with E-state index in [1.54, 1.807) is 11.8 Å². The van der Waals surface area contributed by atoms with Gasteiger partial charge in [0, 0.05) is 11.0 Å². The third-order valence-corrected chi connectivity index (χ3v) is 4.58. The van der Waals surface area contributed by atoms with Crippen molar-refractivity contribution in [3.63, 3.8) is 0 Å². The van der Waals surface area contributed by atoms with Gasteiger partial charge in [-0.05, 0) is 32.7 Å². The number of nitrogens with one attached hydrogen (secondary N) is 1. The summed E-state index contributed by atoms with van der Waals surface area (Å²) in [4.78, 5) is 0. The molecule has 0 aromatic heterocycles. The van der Waals surface area contributed by atoms with Gasteiger partial charge < -0.3 is 15.5 Å². The molecule has 0 radical (unpaired) electrons. The molecule has 0 saturated heterocycles. The first-order chi connectivity index (χ1) is 7.65. The number of thioether (sulfide) groups is 1. The molecule has 1 rings (SSSR count). The standard InChI is InChI=1S/C11H20N2O2S/c1-13-11(8-12)4-2-3-10(5-11)16-7-9(15)6-14/h9-10,13-15H,2-7H2,1H3. The van der Waals surface area contributed by atoms with Crippen LogP contribution in [0.1, 0.15) is 25.7 Å². The average Bonchev–Trinajstić information content (AvgIpc) is 2.36. The predicted molar refractivity (Wildman–Crippen MR) is 65.2 cm³/mol. The zero-order valence-corrected chi connectivity index (χ0v) is 10.5. The normalized spacial score (nSPS) is 32.0. The number of rotatable bonds is 5. The molecule has 92 valence electrons. The first-order valence-corrected chi connectivity index (χ1v) is 6.71. The molecular weight excluding hydrogens is 224 g/mol. The molecule has 3 atom stereocenters. The van der Waals surface area contributed by atoms with Crippen molar-refractivity contribution in [2.75, 3.05) is 19.4 Å². The van der Waals surface area contributed by atoms with Gasteiger partial charge in [-0.25, -0.2) is 0 Å². The molecule has 0 spiro atoms. The Morgan fingerprint density at radius 1 is 1.69 bits per heavy atom. The first-order valence-electron chi connectivity index (χ1n) is 5.66. The van der Waals surface area contributed by atoms with Gasteiger partial charge in [0.25, 0.3) is 0 Å². The van der Waals surface area contributed by atoms with E-state index in [0.717, 1.165) is 25.7 Å². The number of hydrogen-bond donors (Lipinski definition) is 3. The van der Waals surface area contributed by atoms with Crippen LogP contribution < -0.4 is 5.32 Å². The second-order valence-electron chi connectivity index (χ2n) is 4.33. The van der Waals surface area contributed by atoms with Gasteiger partial charge in [-0.1, -0.05) is 0 Å². The minimum Gasteiger partial charge on any atom is -0.394 e. The molecule has 0 aromatic carbocycles. The number of nitriles is 1. The van der Waals surface area contributed by atoms with Crippen molar-refractivity contribution in [2.24, 2.45) is 0 Å². The molecule has 4 nitrogen and oxygen atoms in total. The van der Waals surface area contributed by atoms with Crippen molar-refractivity contribution in [3.8, 4) is 6.07 Å². The van der Waals surface area contributed by atoms with E-state index in [2.05, 4.69) is 11.4 Å². The third kappa shape index (κ3) is 3.63. The lowest BCUT2D eigenvalue weighted by atomic mass is 9.83. The average molecular weight is 244 g/mol. The van der Waals surface area contributed by atoms with Gasteiger partial charge in [0.05, 0.1) is 18.8 Å². The lowest BCUT2D eigenvalue weighted by Crippen LogP contribution is -2.46. The summed E-state index contributed by atoms with van der Waals surface area (Å²) in [7, 11) is 1.83. The molecule has 1 aliphatic carbocycles. The Morgan fingerprint density at radius 2 is 2.44 bits per heavy atom. The van der Waals surface area contributed by atoms with Crippen molar-refractivity contribution in [3.05, 3.63) is 0 Å². The van der Waals surface area contributed by atoms with Crippen LogP contribution in [0.3, 0.4) is 0 Å². The number of aliphatic hydroxyl groups excluding tert-OH is 2. The SMILES string of the molecule is CNC1(C#N)CCCC(SCC(O)CO)C1. The van der Waals surface area contributed by atoms with Gasteiger partial charge in [0.2, 0.25) is 0 Å². The summed E-state index contributed by atoms with van der Waals surface area (Å²) in [5.41, 5.74) is -0.389. The number of hydrogen-bond acceptors (Lipinski definition) is 5. The highest BCUT2D eigenvalue weighted by Gasteiger charge is 2.35. The van der Waals surface area contributed by atoms with Gasteiger partial charge >= 0.3 is 0 Å². The minimum absolute atomic E-state index is 0.185. The number of aliphatic hydroxyl groups is 2. The van der Waals surface area contributed by atoms with Crippen LogP contribution in [0.4, 0.5) is 0 Å². The summed E-state index contributed by atoms with van der Waals surface area (Å²) in [6, 6.07) is 2.36. The maximum absolute atomic E-state index is 9.28. The van der Waals surface area contributed by atoms with E-state index in [-0.39, 0.29) is 12.1 Å². The highest BCUT2D eigenvalue weighted by atomic mass is 32.2. The fourth-order valence-corrected chi connectivity index (χ4v) is 3.39. The summed E-state index contributed by atoms with van der Waals surface area (Å²) in [5, 5.41) is 30.7. The largest absolute Gasteiger partial charge is 0.394 e. The van der Waals surface area contributed by atoms with Gasteiger partial charge in [-0.2, -0.15) is 17.0 Å². The quantitative estimate of drug-likeness (QED) is 0.656. The van der Waals surface area contributed by atoms with Crippen LogP contribution in [0, 0.1) is 11.3 Å². The lowest BCUT2D eigenvalue weighted by Gasteiger charge is -2.35. The zero-order chi connectivity index (χ0) is 12.0. The Kier molecular flexibility index (Phi) is 5.56. The van der Waals surface area contributed by atoms with Gasteiger partial charge in [0.1, 0.15) is 5.54 Å². The van der Waals surface area contributed by atoms with E-state index < -0.39 is 6.10 Å². The molecule has 0 amide bonds. The summed E-state index contributed by atoms with van der Waals surface area (Å²) >= 11 is 1.66. The second-order valence-corrected chi connectivity index (χ2v) is 5.67. The summed E-state index contributed by atoms with van der Waals surface area (Å²) in [6.45, 7) is -0.185. The Morgan fingerprint density at radius 3 is 3.00 bits per heavy atom. The van der Waals surface area contributed by atoms with Crippen LogP contribution in [0.15, 0.2) is 0 Å². The molecule has 0 heterocycles. The molecule has 3 N–H and O–H groups in total. The van der Waals surface area contributed by atoms with E-state index in [1.807, 2.05) is 7.05 Å². The van der Waals surface area contributed by atoms with Crippen LogP contribution in [-0.2, 0) is 0 Å². The molecular formula is C11H20N2O2S. The van der Waals surface area contributed by atoms with E-state index in [1.165, 1.54) is 0 Å². The zero-order valence-electron chi connectivity index (χ0n) is 9.65. The van der Waals surface area contributed by atoms with Crippen molar-refractivity contribution in [1.29, 1.82) is 5.26 Å². The maximum Gasteiger partial charge on any atom is 0.107 e. The van der Waals surface area contributed by atoms with Crippen LogP contribution in [0.5, 0.6) is 0 Å². The van der Waals surface area contributed by atoms with Crippen molar-refractivity contribution in [2.45, 2.75) is 42.6 Å². The van der Waals surface area contributed by atoms with Crippen LogP contribution in [0.25, 0.3) is 0 Å². The molecule has 1 aliphatic rings. The molecule has 1 saturated carbocycles. The monoisotopic (exact) mass is 244 g/mol. The third-order valence-electron chi connectivity index (χ3n) is 3.13. The Labute approximate surface area is 101 Å². The molecule has 5 heteroatoms. The Bertz CT molecular complexity index is 257. The van der Waals surface area contributed by atoms with Crippen molar-refractivity contribution in [1.82, 2.24) is 5.32 Å². The highest BCUT2D eigenvalue weighted by molar-refractivity contribution is 7.99. The van der Waals surface area contributed by atoms with Gasteiger partial charge in [0.15, 0.2) is 0 Å². The van der Waals surface area contributed by atoms with E-state index in [9.17, 15) is 10.4 Å². The lowest BCUT2D eigenvalue weighted by molar-refractivity contribution is 0.113. The van der Waals surface area contributed by atoms with E-state index >= 15 is 0 Å². The smallest absolute Gasteiger partial charge is 0.107 e. The Hall–Kier alpha value is -0.280. The minimum atomic E-state index is -0.641. The maximum atomic E-state index is 9.28. The summed E-state index contributed by atoms with van der Waals surface area (Å²) in [6.07, 6.45) is 3.22. The molecule has 0 bridgehead atoms. The molecule has 0 aromatic rings. The number of nitrogens with zero attached hydrogens (tertiary/aromatic N) is 1. The summed E-state index contributed by atoms with van der Waals surface area (Å²) < 4.78 is 0. The molecule has 16 heavy (non-hydrogen) atoms. The van der Waals surface area contributed by atoms with Crippen molar-refractivity contribution >= 4 is 11.8 Å². The van der Waals surface area contributed by atoms with E-state index in [0.29, 0.717) is 11.0 Å². The van der Waals surface area contributed by atoms with Crippen molar-refractivity contribution < 1.29 is 10.2 Å². The van der Waals surface area contributed by atoms with Gasteiger partial charge in [-0.3, -0.25) is 0 Å². The van der Waals surface area contributed by atoms with Crippen LogP contribution >= 0.6 is 11.8 Å². The van der Waals surface area contributed by atoms with Crippen LogP contribution in [-0.4, -0.2) is 46.5 Å². The van der Waals surface area contributed by atoms with Crippen LogP contribution in [0.2, 0.25) is 0 Å². The second kappa shape index (κ2) is 6.45. The fraction of sp³-hybridized carbons (Fsp3) is 0.909. The Balaban J connectivity index is 2.42. The topological polar surface area (TPSA) is 76.3 Å². The van der Waals surface area contributed by atoms with E-state index in [4.69, 9.17) is 5.11 Å². The molecule has 1 fully saturated rings. The predicted octanol–water partition coefficient (Wildman–Crippen LogP) is 0.497. The highest BCUT2D eigenvalue weighted by Crippen LogP contribution is 2.34. The molecule has 3 unspecified atom stereocenters.